The lowest BCUT2D eigenvalue weighted by Crippen LogP contribution is -2.13. The normalized spacial score (nSPS) is 10.1. The van der Waals surface area contributed by atoms with Gasteiger partial charge in [-0.15, -0.1) is 0 Å². The molecule has 6 heteroatoms. The standard InChI is InChI=1S/C18H18FNO4/c1-3-23-16-11-13(18(22)24-4-2)7-10-15(16)20-17(21)12-5-8-14(19)9-6-12/h5-11H,3-4H2,1-2H3,(H,20,21). The third kappa shape index (κ3) is 4.32. The maximum atomic E-state index is 12.9. The molecule has 0 aliphatic heterocycles. The van der Waals surface area contributed by atoms with Crippen LogP contribution in [0.5, 0.6) is 5.75 Å². The summed E-state index contributed by atoms with van der Waals surface area (Å²) in [6.45, 7) is 4.15. The number of benzene rings is 2. The summed E-state index contributed by atoms with van der Waals surface area (Å²) in [7, 11) is 0. The number of amides is 1. The Balaban J connectivity index is 2.23. The molecule has 0 spiro atoms. The highest BCUT2D eigenvalue weighted by Crippen LogP contribution is 2.27. The van der Waals surface area contributed by atoms with Crippen molar-refractivity contribution in [3.8, 4) is 5.75 Å². The van der Waals surface area contributed by atoms with Crippen LogP contribution in [-0.2, 0) is 4.74 Å². The molecular weight excluding hydrogens is 313 g/mol. The zero-order valence-electron chi connectivity index (χ0n) is 13.5. The highest BCUT2D eigenvalue weighted by Gasteiger charge is 2.14. The average Bonchev–Trinajstić information content (AvgIpc) is 2.57. The van der Waals surface area contributed by atoms with Crippen molar-refractivity contribution in [1.29, 1.82) is 0 Å². The van der Waals surface area contributed by atoms with Gasteiger partial charge in [0.25, 0.3) is 5.91 Å². The number of carbonyl (C=O) groups is 2. The minimum absolute atomic E-state index is 0.270. The fourth-order valence-electron chi connectivity index (χ4n) is 2.04. The third-order valence-electron chi connectivity index (χ3n) is 3.15. The molecule has 126 valence electrons. The fourth-order valence-corrected chi connectivity index (χ4v) is 2.04. The predicted octanol–water partition coefficient (Wildman–Crippen LogP) is 3.65. The summed E-state index contributed by atoms with van der Waals surface area (Å²) in [5, 5.41) is 2.69. The fraction of sp³-hybridized carbons (Fsp3) is 0.222. The number of nitrogens with one attached hydrogen (secondary N) is 1. The van der Waals surface area contributed by atoms with Gasteiger partial charge in [0.05, 0.1) is 24.5 Å². The molecule has 0 saturated heterocycles. The van der Waals surface area contributed by atoms with Crippen molar-refractivity contribution in [2.45, 2.75) is 13.8 Å². The molecule has 0 fully saturated rings. The molecule has 0 bridgehead atoms. The summed E-state index contributed by atoms with van der Waals surface area (Å²) in [6.07, 6.45) is 0. The number of rotatable bonds is 6. The Bertz CT molecular complexity index is 728. The van der Waals surface area contributed by atoms with Crippen molar-refractivity contribution in [2.75, 3.05) is 18.5 Å². The third-order valence-corrected chi connectivity index (χ3v) is 3.15. The van der Waals surface area contributed by atoms with E-state index in [1.807, 2.05) is 0 Å². The van der Waals surface area contributed by atoms with Crippen LogP contribution in [0.1, 0.15) is 34.6 Å². The monoisotopic (exact) mass is 331 g/mol. The SMILES string of the molecule is CCOC(=O)c1ccc(NC(=O)c2ccc(F)cc2)c(OCC)c1. The highest BCUT2D eigenvalue weighted by atomic mass is 19.1. The van der Waals surface area contributed by atoms with Crippen LogP contribution in [0.25, 0.3) is 0 Å². The Kier molecular flexibility index (Phi) is 5.89. The molecule has 0 aromatic heterocycles. The maximum absolute atomic E-state index is 12.9. The van der Waals surface area contributed by atoms with Crippen LogP contribution in [0.3, 0.4) is 0 Å². The Morgan fingerprint density at radius 3 is 2.29 bits per heavy atom. The van der Waals surface area contributed by atoms with E-state index in [2.05, 4.69) is 5.32 Å². The van der Waals surface area contributed by atoms with Crippen molar-refractivity contribution in [3.05, 3.63) is 59.4 Å². The van der Waals surface area contributed by atoms with Gasteiger partial charge in [-0.1, -0.05) is 0 Å². The Morgan fingerprint density at radius 1 is 1.00 bits per heavy atom. The number of halogens is 1. The van der Waals surface area contributed by atoms with Crippen LogP contribution in [0.15, 0.2) is 42.5 Å². The molecule has 0 saturated carbocycles. The first kappa shape index (κ1) is 17.5. The van der Waals surface area contributed by atoms with Crippen LogP contribution >= 0.6 is 0 Å². The van der Waals surface area contributed by atoms with E-state index in [4.69, 9.17) is 9.47 Å². The molecule has 24 heavy (non-hydrogen) atoms. The van der Waals surface area contributed by atoms with E-state index >= 15 is 0 Å². The number of ether oxygens (including phenoxy) is 2. The van der Waals surface area contributed by atoms with Gasteiger partial charge in [0, 0.05) is 5.56 Å². The number of anilines is 1. The molecule has 2 aromatic rings. The van der Waals surface area contributed by atoms with Gasteiger partial charge < -0.3 is 14.8 Å². The average molecular weight is 331 g/mol. The van der Waals surface area contributed by atoms with Gasteiger partial charge >= 0.3 is 5.97 Å². The summed E-state index contributed by atoms with van der Waals surface area (Å²) >= 11 is 0. The lowest BCUT2D eigenvalue weighted by Gasteiger charge is -2.13. The second-order valence-corrected chi connectivity index (χ2v) is 4.83. The molecule has 2 aromatic carbocycles. The molecule has 1 amide bonds. The first-order valence-electron chi connectivity index (χ1n) is 7.56. The van der Waals surface area contributed by atoms with Crippen LogP contribution in [0.2, 0.25) is 0 Å². The summed E-state index contributed by atoms with van der Waals surface area (Å²) in [6, 6.07) is 9.82. The molecule has 0 radical (unpaired) electrons. The molecule has 0 aliphatic rings. The second kappa shape index (κ2) is 8.10. The smallest absolute Gasteiger partial charge is 0.338 e. The Labute approximate surface area is 139 Å². The van der Waals surface area contributed by atoms with Crippen molar-refractivity contribution in [1.82, 2.24) is 0 Å². The van der Waals surface area contributed by atoms with E-state index < -0.39 is 17.7 Å². The highest BCUT2D eigenvalue weighted by molar-refractivity contribution is 6.05. The van der Waals surface area contributed by atoms with E-state index in [1.165, 1.54) is 30.3 Å². The minimum atomic E-state index is -0.463. The number of hydrogen-bond donors (Lipinski definition) is 1. The molecule has 0 aliphatic carbocycles. The summed E-state index contributed by atoms with van der Waals surface area (Å²) in [5.74, 6) is -0.923. The molecule has 0 heterocycles. The zero-order chi connectivity index (χ0) is 17.5. The molecule has 2 rings (SSSR count). The largest absolute Gasteiger partial charge is 0.492 e. The van der Waals surface area contributed by atoms with Crippen molar-refractivity contribution < 1.29 is 23.5 Å². The van der Waals surface area contributed by atoms with Crippen molar-refractivity contribution >= 4 is 17.6 Å². The van der Waals surface area contributed by atoms with Crippen molar-refractivity contribution in [2.24, 2.45) is 0 Å². The van der Waals surface area contributed by atoms with Gasteiger partial charge in [0.1, 0.15) is 11.6 Å². The Morgan fingerprint density at radius 2 is 1.67 bits per heavy atom. The molecule has 0 atom stereocenters. The van der Waals surface area contributed by atoms with E-state index in [0.29, 0.717) is 29.2 Å². The molecule has 0 unspecified atom stereocenters. The lowest BCUT2D eigenvalue weighted by atomic mass is 10.1. The minimum Gasteiger partial charge on any atom is -0.492 e. The number of hydrogen-bond acceptors (Lipinski definition) is 4. The van der Waals surface area contributed by atoms with Gasteiger partial charge in [0.15, 0.2) is 0 Å². The van der Waals surface area contributed by atoms with E-state index in [0.717, 1.165) is 0 Å². The van der Waals surface area contributed by atoms with Gasteiger partial charge in [-0.05, 0) is 56.3 Å². The van der Waals surface area contributed by atoms with Crippen LogP contribution < -0.4 is 10.1 Å². The van der Waals surface area contributed by atoms with E-state index in [9.17, 15) is 14.0 Å². The number of esters is 1. The second-order valence-electron chi connectivity index (χ2n) is 4.83. The van der Waals surface area contributed by atoms with E-state index in [-0.39, 0.29) is 6.61 Å². The van der Waals surface area contributed by atoms with Gasteiger partial charge in [-0.25, -0.2) is 9.18 Å². The first-order valence-corrected chi connectivity index (χ1v) is 7.56. The quantitative estimate of drug-likeness (QED) is 0.821. The Hall–Kier alpha value is -2.89. The van der Waals surface area contributed by atoms with Gasteiger partial charge in [0.2, 0.25) is 0 Å². The summed E-state index contributed by atoms with van der Waals surface area (Å²) in [5.41, 5.74) is 1.06. The number of carbonyl (C=O) groups excluding carboxylic acids is 2. The summed E-state index contributed by atoms with van der Waals surface area (Å²) < 4.78 is 23.4. The van der Waals surface area contributed by atoms with Crippen molar-refractivity contribution in [3.63, 3.8) is 0 Å². The topological polar surface area (TPSA) is 64.6 Å². The maximum Gasteiger partial charge on any atom is 0.338 e. The molecule has 1 N–H and O–H groups in total. The molecular formula is C18H18FNO4. The van der Waals surface area contributed by atoms with Crippen LogP contribution in [-0.4, -0.2) is 25.1 Å². The first-order chi connectivity index (χ1) is 11.5. The van der Waals surface area contributed by atoms with Gasteiger partial charge in [-0.3, -0.25) is 4.79 Å². The predicted molar refractivity (Wildman–Crippen MR) is 87.9 cm³/mol. The van der Waals surface area contributed by atoms with E-state index in [1.54, 1.807) is 26.0 Å². The van der Waals surface area contributed by atoms with Crippen LogP contribution in [0.4, 0.5) is 10.1 Å². The molecule has 5 nitrogen and oxygen atoms in total. The van der Waals surface area contributed by atoms with Gasteiger partial charge in [-0.2, -0.15) is 0 Å². The zero-order valence-corrected chi connectivity index (χ0v) is 13.5. The lowest BCUT2D eigenvalue weighted by molar-refractivity contribution is 0.0526. The van der Waals surface area contributed by atoms with Crippen LogP contribution in [0, 0.1) is 5.82 Å². The summed E-state index contributed by atoms with van der Waals surface area (Å²) in [4.78, 5) is 24.0.